The van der Waals surface area contributed by atoms with Gasteiger partial charge in [-0.05, 0) is 57.0 Å². The third kappa shape index (κ3) is 6.40. The molecule has 40 heavy (non-hydrogen) atoms. The van der Waals surface area contributed by atoms with Gasteiger partial charge in [0.15, 0.2) is 5.75 Å². The van der Waals surface area contributed by atoms with Crippen molar-refractivity contribution in [1.29, 1.82) is 0 Å². The number of ether oxygens (including phenoxy) is 1. The Morgan fingerprint density at radius 1 is 1.20 bits per heavy atom. The highest BCUT2D eigenvalue weighted by atomic mass is 19.1. The van der Waals surface area contributed by atoms with Crippen LogP contribution in [0.4, 0.5) is 4.39 Å². The molecule has 4 rings (SSSR count). The van der Waals surface area contributed by atoms with Crippen molar-refractivity contribution in [3.8, 4) is 17.0 Å². The van der Waals surface area contributed by atoms with Gasteiger partial charge in [0, 0.05) is 25.3 Å². The summed E-state index contributed by atoms with van der Waals surface area (Å²) in [7, 11) is 1.35. The van der Waals surface area contributed by atoms with E-state index in [1.54, 1.807) is 16.7 Å². The number of carbonyl (C=O) groups excluding carboxylic acids is 1. The summed E-state index contributed by atoms with van der Waals surface area (Å²) in [5.74, 6) is -2.11. The number of carboxylic acids is 1. The van der Waals surface area contributed by atoms with Gasteiger partial charge in [-0.25, -0.2) is 14.2 Å². The number of aromatic nitrogens is 2. The number of hydrogen-bond donors (Lipinski definition) is 5. The molecule has 1 amide bonds. The summed E-state index contributed by atoms with van der Waals surface area (Å²) >= 11 is 0. The SMILES string of the molecule is C=C(N)NCCCNCCCNC(=O)c1cccc(-c2c(F)cc3c(=O)c(C(=O)O)cn(C4CC4)c3c2OC)n1. The van der Waals surface area contributed by atoms with E-state index in [0.717, 1.165) is 38.4 Å². The number of benzene rings is 1. The number of carboxylic acid groups (broad SMARTS) is 1. The van der Waals surface area contributed by atoms with Crippen LogP contribution in [-0.2, 0) is 0 Å². The molecule has 0 atom stereocenters. The van der Waals surface area contributed by atoms with E-state index >= 15 is 4.39 Å². The smallest absolute Gasteiger partial charge is 0.341 e. The number of aromatic carboxylic acids is 1. The molecule has 6 N–H and O–H groups in total. The first-order chi connectivity index (χ1) is 19.2. The minimum atomic E-state index is -1.38. The third-order valence-corrected chi connectivity index (χ3v) is 6.53. The summed E-state index contributed by atoms with van der Waals surface area (Å²) in [4.78, 5) is 41.7. The van der Waals surface area contributed by atoms with E-state index in [2.05, 4.69) is 27.5 Å². The second-order valence-electron chi connectivity index (χ2n) is 9.55. The highest BCUT2D eigenvalue weighted by molar-refractivity contribution is 5.98. The molecule has 0 aliphatic heterocycles. The van der Waals surface area contributed by atoms with Crippen molar-refractivity contribution >= 4 is 22.8 Å². The number of carbonyl (C=O) groups is 2. The van der Waals surface area contributed by atoms with E-state index in [-0.39, 0.29) is 34.1 Å². The molecule has 11 nitrogen and oxygen atoms in total. The Kier molecular flexibility index (Phi) is 9.00. The van der Waals surface area contributed by atoms with Crippen molar-refractivity contribution in [1.82, 2.24) is 25.5 Å². The average molecular weight is 553 g/mol. The summed E-state index contributed by atoms with van der Waals surface area (Å²) in [5, 5.41) is 18.5. The van der Waals surface area contributed by atoms with Gasteiger partial charge in [0.2, 0.25) is 5.43 Å². The van der Waals surface area contributed by atoms with Crippen molar-refractivity contribution in [2.75, 3.05) is 33.3 Å². The second kappa shape index (κ2) is 12.6. The van der Waals surface area contributed by atoms with Crippen LogP contribution in [0.2, 0.25) is 0 Å². The molecular weight excluding hydrogens is 519 g/mol. The van der Waals surface area contributed by atoms with Gasteiger partial charge in [0.1, 0.15) is 17.1 Å². The first-order valence-electron chi connectivity index (χ1n) is 13.1. The first-order valence-corrected chi connectivity index (χ1v) is 13.1. The summed E-state index contributed by atoms with van der Waals surface area (Å²) < 4.78 is 22.8. The normalized spacial score (nSPS) is 12.8. The van der Waals surface area contributed by atoms with Crippen LogP contribution in [0, 0.1) is 5.82 Å². The largest absolute Gasteiger partial charge is 0.494 e. The summed E-state index contributed by atoms with van der Waals surface area (Å²) in [6.07, 6.45) is 4.45. The van der Waals surface area contributed by atoms with Crippen LogP contribution in [0.5, 0.6) is 5.75 Å². The van der Waals surface area contributed by atoms with Crippen LogP contribution >= 0.6 is 0 Å². The number of amides is 1. The fraction of sp³-hybridized carbons (Fsp3) is 0.357. The second-order valence-corrected chi connectivity index (χ2v) is 9.55. The zero-order chi connectivity index (χ0) is 28.8. The summed E-state index contributed by atoms with van der Waals surface area (Å²) in [5.41, 5.74) is 4.75. The Balaban J connectivity index is 1.53. The van der Waals surface area contributed by atoms with Crippen molar-refractivity contribution in [3.63, 3.8) is 0 Å². The van der Waals surface area contributed by atoms with E-state index in [4.69, 9.17) is 10.5 Å². The van der Waals surface area contributed by atoms with E-state index in [1.165, 1.54) is 19.4 Å². The van der Waals surface area contributed by atoms with Gasteiger partial charge in [-0.15, -0.1) is 0 Å². The summed E-state index contributed by atoms with van der Waals surface area (Å²) in [6.45, 7) is 6.23. The molecule has 1 aliphatic carbocycles. The van der Waals surface area contributed by atoms with Crippen LogP contribution < -0.4 is 31.8 Å². The van der Waals surface area contributed by atoms with Crippen molar-refractivity contribution in [2.45, 2.75) is 31.7 Å². The molecular formula is C28H33FN6O5. The van der Waals surface area contributed by atoms with Gasteiger partial charge < -0.3 is 36.1 Å². The zero-order valence-corrected chi connectivity index (χ0v) is 22.3. The van der Waals surface area contributed by atoms with Crippen molar-refractivity contribution in [2.24, 2.45) is 5.73 Å². The molecule has 1 saturated carbocycles. The molecule has 1 fully saturated rings. The van der Waals surface area contributed by atoms with E-state index in [0.29, 0.717) is 30.8 Å². The molecule has 0 spiro atoms. The predicted molar refractivity (Wildman–Crippen MR) is 149 cm³/mol. The molecule has 1 aromatic carbocycles. The molecule has 3 aromatic rings. The summed E-state index contributed by atoms with van der Waals surface area (Å²) in [6, 6.07) is 5.65. The highest BCUT2D eigenvalue weighted by Gasteiger charge is 2.30. The fourth-order valence-electron chi connectivity index (χ4n) is 4.48. The van der Waals surface area contributed by atoms with Crippen molar-refractivity contribution in [3.05, 3.63) is 70.2 Å². The topological polar surface area (TPSA) is 161 Å². The Labute approximate surface area is 230 Å². The van der Waals surface area contributed by atoms with Crippen LogP contribution in [0.3, 0.4) is 0 Å². The number of nitrogens with two attached hydrogens (primary N) is 1. The number of methoxy groups -OCH3 is 1. The Hall–Kier alpha value is -4.45. The Morgan fingerprint density at radius 3 is 2.52 bits per heavy atom. The molecule has 212 valence electrons. The number of nitrogens with one attached hydrogen (secondary N) is 3. The number of hydrogen-bond acceptors (Lipinski definition) is 8. The molecule has 0 bridgehead atoms. The lowest BCUT2D eigenvalue weighted by atomic mass is 10.0. The Bertz CT molecular complexity index is 1500. The number of halogens is 1. The third-order valence-electron chi connectivity index (χ3n) is 6.53. The lowest BCUT2D eigenvalue weighted by molar-refractivity contribution is 0.0694. The molecule has 2 aromatic heterocycles. The standard InChI is InChI=1S/C28H33FN6O5/c1-16(30)32-12-4-10-31-11-5-13-33-27(37)22-7-3-6-21(34-22)23-20(29)14-18-24(26(23)40-2)35(17-8-9-17)15-19(25(18)36)28(38)39/h3,6-7,14-15,17,31-32H,1,4-5,8-13,30H2,2H3,(H,33,37)(H,38,39). The van der Waals surface area contributed by atoms with E-state index < -0.39 is 28.7 Å². The average Bonchev–Trinajstić information content (AvgIpc) is 3.77. The highest BCUT2D eigenvalue weighted by Crippen LogP contribution is 2.43. The first kappa shape index (κ1) is 28.6. The molecule has 0 radical (unpaired) electrons. The van der Waals surface area contributed by atoms with Gasteiger partial charge in [-0.1, -0.05) is 12.6 Å². The van der Waals surface area contributed by atoms with Gasteiger partial charge in [-0.3, -0.25) is 9.59 Å². The van der Waals surface area contributed by atoms with Gasteiger partial charge in [-0.2, -0.15) is 0 Å². The lowest BCUT2D eigenvalue weighted by Crippen LogP contribution is -2.29. The number of rotatable bonds is 14. The maximum absolute atomic E-state index is 15.5. The minimum absolute atomic E-state index is 0.0153. The Morgan fingerprint density at radius 2 is 1.90 bits per heavy atom. The molecule has 2 heterocycles. The maximum Gasteiger partial charge on any atom is 0.341 e. The van der Waals surface area contributed by atoms with Crippen LogP contribution in [0.15, 0.2) is 47.7 Å². The molecule has 0 saturated heterocycles. The zero-order valence-electron chi connectivity index (χ0n) is 22.3. The van der Waals surface area contributed by atoms with Gasteiger partial charge >= 0.3 is 5.97 Å². The van der Waals surface area contributed by atoms with Crippen LogP contribution in [0.25, 0.3) is 22.2 Å². The lowest BCUT2D eigenvalue weighted by Gasteiger charge is -2.18. The quantitative estimate of drug-likeness (QED) is 0.189. The number of nitrogens with zero attached hydrogens (tertiary/aromatic N) is 2. The fourth-order valence-corrected chi connectivity index (χ4v) is 4.48. The predicted octanol–water partition coefficient (Wildman–Crippen LogP) is 2.36. The molecule has 0 unspecified atom stereocenters. The van der Waals surface area contributed by atoms with E-state index in [9.17, 15) is 19.5 Å². The van der Waals surface area contributed by atoms with Crippen LogP contribution in [0.1, 0.15) is 52.6 Å². The maximum atomic E-state index is 15.5. The molecule has 12 heteroatoms. The van der Waals surface area contributed by atoms with E-state index in [1.807, 2.05) is 0 Å². The van der Waals surface area contributed by atoms with Crippen LogP contribution in [-0.4, -0.2) is 59.8 Å². The monoisotopic (exact) mass is 552 g/mol. The van der Waals surface area contributed by atoms with Gasteiger partial charge in [0.05, 0.1) is 35.1 Å². The van der Waals surface area contributed by atoms with Gasteiger partial charge in [0.25, 0.3) is 5.91 Å². The molecule has 1 aliphatic rings. The number of fused-ring (bicyclic) bond motifs is 1. The minimum Gasteiger partial charge on any atom is -0.494 e. The van der Waals surface area contributed by atoms with Crippen molar-refractivity contribution < 1.29 is 23.8 Å². The number of pyridine rings is 2.